The number of amides is 1. The number of hydrogen-bond acceptors (Lipinski definition) is 7. The van der Waals surface area contributed by atoms with Crippen molar-refractivity contribution < 1.29 is 28.4 Å². The van der Waals surface area contributed by atoms with Crippen LogP contribution in [0.25, 0.3) is 0 Å². The molecule has 1 aliphatic rings. The number of carbonyl (C=O) groups excluding carboxylic acids is 2. The highest BCUT2D eigenvalue weighted by atomic mass is 28.4. The summed E-state index contributed by atoms with van der Waals surface area (Å²) in [5.41, 5.74) is -0.707. The van der Waals surface area contributed by atoms with Crippen LogP contribution in [0.2, 0.25) is 18.1 Å². The molecule has 1 rings (SSSR count). The van der Waals surface area contributed by atoms with Gasteiger partial charge in [0.05, 0.1) is 25.6 Å². The zero-order chi connectivity index (χ0) is 23.5. The van der Waals surface area contributed by atoms with Gasteiger partial charge in [0.2, 0.25) is 6.54 Å². The lowest BCUT2D eigenvalue weighted by Crippen LogP contribution is -2.46. The van der Waals surface area contributed by atoms with Gasteiger partial charge in [0.25, 0.3) is 0 Å². The van der Waals surface area contributed by atoms with E-state index in [1.807, 2.05) is 0 Å². The number of esters is 1. The molecule has 1 fully saturated rings. The van der Waals surface area contributed by atoms with Crippen LogP contribution in [0.15, 0.2) is 0 Å². The molecular weight excluding hydrogens is 408 g/mol. The Labute approximate surface area is 180 Å². The highest BCUT2D eigenvalue weighted by molar-refractivity contribution is 6.74. The van der Waals surface area contributed by atoms with E-state index in [-0.39, 0.29) is 24.1 Å². The molecule has 30 heavy (non-hydrogen) atoms. The molecule has 174 valence electrons. The molecule has 0 saturated carbocycles. The second-order valence-corrected chi connectivity index (χ2v) is 15.2. The topological polar surface area (TPSA) is 108 Å². The molecule has 1 aliphatic heterocycles. The predicted octanol–water partition coefficient (Wildman–Crippen LogP) is 3.84. The molecule has 0 N–H and O–H groups in total. The van der Waals surface area contributed by atoms with E-state index in [0.717, 1.165) is 0 Å². The molecule has 9 nitrogen and oxygen atoms in total. The molecule has 0 radical (unpaired) electrons. The van der Waals surface area contributed by atoms with Gasteiger partial charge in [-0.3, -0.25) is 14.9 Å². The molecule has 0 aromatic rings. The molecule has 1 saturated heterocycles. The van der Waals surface area contributed by atoms with Crippen molar-refractivity contribution in [2.24, 2.45) is 5.92 Å². The van der Waals surface area contributed by atoms with Crippen LogP contribution in [0.1, 0.15) is 54.4 Å². The standard InChI is InChI=1S/C20H38N2O7Si/c1-19(2,3)28-18(24)21-13-15(29-30(8,9)20(4,5)6)11-16(21)14(12-22(25)26)10-17(23)27-7/h14-16H,10-13H2,1-9H3/t14?,15-,16+/m1/s1. The first-order valence-electron chi connectivity index (χ1n) is 10.3. The third kappa shape index (κ3) is 7.53. The molecule has 3 atom stereocenters. The summed E-state index contributed by atoms with van der Waals surface area (Å²) in [6.07, 6.45) is -0.544. The molecule has 0 aromatic carbocycles. The first-order chi connectivity index (χ1) is 13.5. The van der Waals surface area contributed by atoms with E-state index in [1.165, 1.54) is 12.0 Å². The maximum absolute atomic E-state index is 12.9. The second kappa shape index (κ2) is 9.63. The molecular formula is C20H38N2O7Si. The second-order valence-electron chi connectivity index (χ2n) is 10.5. The minimum absolute atomic E-state index is 0.0198. The van der Waals surface area contributed by atoms with Gasteiger partial charge in [-0.05, 0) is 45.3 Å². The number of nitrogens with zero attached hydrogens (tertiary/aromatic N) is 2. The van der Waals surface area contributed by atoms with Crippen molar-refractivity contribution in [1.29, 1.82) is 0 Å². The monoisotopic (exact) mass is 446 g/mol. The number of rotatable bonds is 7. The fourth-order valence-corrected chi connectivity index (χ4v) is 4.65. The van der Waals surface area contributed by atoms with Crippen LogP contribution in [0, 0.1) is 16.0 Å². The molecule has 0 spiro atoms. The van der Waals surface area contributed by atoms with Gasteiger partial charge < -0.3 is 18.8 Å². The lowest BCUT2D eigenvalue weighted by Gasteiger charge is -2.38. The van der Waals surface area contributed by atoms with E-state index >= 15 is 0 Å². The van der Waals surface area contributed by atoms with E-state index in [4.69, 9.17) is 13.9 Å². The van der Waals surface area contributed by atoms with Crippen molar-refractivity contribution in [3.05, 3.63) is 10.1 Å². The van der Waals surface area contributed by atoms with Gasteiger partial charge in [-0.2, -0.15) is 0 Å². The minimum atomic E-state index is -2.12. The highest BCUT2D eigenvalue weighted by Gasteiger charge is 2.47. The van der Waals surface area contributed by atoms with Crippen molar-refractivity contribution >= 4 is 20.4 Å². The summed E-state index contributed by atoms with van der Waals surface area (Å²) in [5.74, 6) is -1.23. The Balaban J connectivity index is 3.18. The predicted molar refractivity (Wildman–Crippen MR) is 115 cm³/mol. The smallest absolute Gasteiger partial charge is 0.410 e. The van der Waals surface area contributed by atoms with Gasteiger partial charge in [-0.1, -0.05) is 20.8 Å². The lowest BCUT2D eigenvalue weighted by atomic mass is 9.93. The first-order valence-corrected chi connectivity index (χ1v) is 13.2. The average Bonchev–Trinajstić information content (AvgIpc) is 2.94. The first kappa shape index (κ1) is 26.4. The summed E-state index contributed by atoms with van der Waals surface area (Å²) < 4.78 is 16.8. The summed E-state index contributed by atoms with van der Waals surface area (Å²) in [6, 6.07) is -0.542. The largest absolute Gasteiger partial charge is 0.469 e. The molecule has 0 aliphatic carbocycles. The van der Waals surface area contributed by atoms with E-state index < -0.39 is 49.4 Å². The van der Waals surface area contributed by atoms with Gasteiger partial charge in [-0.15, -0.1) is 0 Å². The van der Waals surface area contributed by atoms with E-state index in [1.54, 1.807) is 20.8 Å². The van der Waals surface area contributed by atoms with Crippen LogP contribution < -0.4 is 0 Å². The summed E-state index contributed by atoms with van der Waals surface area (Å²) >= 11 is 0. The van der Waals surface area contributed by atoms with Gasteiger partial charge in [0.15, 0.2) is 8.32 Å². The van der Waals surface area contributed by atoms with E-state index in [9.17, 15) is 19.7 Å². The maximum Gasteiger partial charge on any atom is 0.410 e. The molecule has 0 aromatic heterocycles. The Morgan fingerprint density at radius 3 is 2.20 bits per heavy atom. The zero-order valence-electron chi connectivity index (χ0n) is 19.8. The lowest BCUT2D eigenvalue weighted by molar-refractivity contribution is -0.489. The van der Waals surface area contributed by atoms with Crippen molar-refractivity contribution in [3.63, 3.8) is 0 Å². The molecule has 1 amide bonds. The SMILES string of the molecule is COC(=O)CC(C[N+](=O)[O-])[C@@H]1C[C@@H](O[Si](C)(C)C(C)(C)C)CN1C(=O)OC(C)(C)C. The third-order valence-corrected chi connectivity index (χ3v) is 10.3. The summed E-state index contributed by atoms with van der Waals surface area (Å²) in [7, 11) is -0.875. The van der Waals surface area contributed by atoms with Crippen LogP contribution in [0.5, 0.6) is 0 Å². The summed E-state index contributed by atoms with van der Waals surface area (Å²) in [4.78, 5) is 37.1. The molecule has 1 heterocycles. The van der Waals surface area contributed by atoms with Gasteiger partial charge in [0.1, 0.15) is 5.60 Å². The number of ether oxygens (including phenoxy) is 2. The Kier molecular flexibility index (Phi) is 8.46. The fourth-order valence-electron chi connectivity index (χ4n) is 3.29. The Morgan fingerprint density at radius 2 is 1.77 bits per heavy atom. The van der Waals surface area contributed by atoms with Crippen molar-refractivity contribution in [1.82, 2.24) is 4.90 Å². The van der Waals surface area contributed by atoms with Crippen LogP contribution in [0.3, 0.4) is 0 Å². The molecule has 1 unspecified atom stereocenters. The quantitative estimate of drug-likeness (QED) is 0.253. The van der Waals surface area contributed by atoms with Crippen LogP contribution >= 0.6 is 0 Å². The molecule has 10 heteroatoms. The third-order valence-electron chi connectivity index (χ3n) is 5.78. The van der Waals surface area contributed by atoms with E-state index in [0.29, 0.717) is 6.42 Å². The average molecular weight is 447 g/mol. The Bertz CT molecular complexity index is 640. The fraction of sp³-hybridized carbons (Fsp3) is 0.900. The maximum atomic E-state index is 12.9. The number of likely N-dealkylation sites (tertiary alicyclic amines) is 1. The zero-order valence-corrected chi connectivity index (χ0v) is 20.8. The molecule has 0 bridgehead atoms. The summed E-state index contributed by atoms with van der Waals surface area (Å²) in [6.45, 7) is 15.8. The summed E-state index contributed by atoms with van der Waals surface area (Å²) in [5, 5.41) is 11.3. The van der Waals surface area contributed by atoms with Crippen LogP contribution in [0.4, 0.5) is 4.79 Å². The Hall–Kier alpha value is -1.68. The van der Waals surface area contributed by atoms with Crippen LogP contribution in [-0.2, 0) is 18.7 Å². The van der Waals surface area contributed by atoms with Crippen LogP contribution in [-0.4, -0.2) is 68.1 Å². The van der Waals surface area contributed by atoms with Gasteiger partial charge in [0, 0.05) is 17.5 Å². The Morgan fingerprint density at radius 1 is 1.20 bits per heavy atom. The van der Waals surface area contributed by atoms with Crippen molar-refractivity contribution in [3.8, 4) is 0 Å². The number of carbonyl (C=O) groups is 2. The number of hydrogen-bond donors (Lipinski definition) is 0. The number of nitro groups is 1. The van der Waals surface area contributed by atoms with Crippen molar-refractivity contribution in [2.75, 3.05) is 20.2 Å². The van der Waals surface area contributed by atoms with Crippen molar-refractivity contribution in [2.45, 2.75) is 90.3 Å². The normalized spacial score (nSPS) is 21.3. The van der Waals surface area contributed by atoms with E-state index in [2.05, 4.69) is 33.9 Å². The number of methoxy groups -OCH3 is 1. The van der Waals surface area contributed by atoms with Gasteiger partial charge >= 0.3 is 12.1 Å². The van der Waals surface area contributed by atoms with Gasteiger partial charge in [-0.25, -0.2) is 4.79 Å². The minimum Gasteiger partial charge on any atom is -0.469 e. The highest BCUT2D eigenvalue weighted by Crippen LogP contribution is 2.40.